The highest BCUT2D eigenvalue weighted by molar-refractivity contribution is 5.75. The maximum absolute atomic E-state index is 11.8. The quantitative estimate of drug-likeness (QED) is 0.393. The molecule has 0 spiro atoms. The van der Waals surface area contributed by atoms with Crippen LogP contribution in [0.15, 0.2) is 12.4 Å². The number of ether oxygens (including phenoxy) is 1. The molecule has 0 aliphatic rings. The molecule has 1 aromatic rings. The molecule has 0 atom stereocenters. The van der Waals surface area contributed by atoms with Gasteiger partial charge in [0.1, 0.15) is 12.4 Å². The fourth-order valence-corrected chi connectivity index (χ4v) is 1.54. The topological polar surface area (TPSA) is 90.5 Å². The number of amides is 1. The van der Waals surface area contributed by atoms with E-state index in [0.717, 1.165) is 6.42 Å². The van der Waals surface area contributed by atoms with E-state index in [1.165, 1.54) is 17.1 Å². The molecule has 1 rings (SSSR count). The zero-order chi connectivity index (χ0) is 14.3. The maximum atomic E-state index is 11.8. The van der Waals surface area contributed by atoms with E-state index in [0.29, 0.717) is 19.7 Å². The van der Waals surface area contributed by atoms with E-state index in [1.54, 1.807) is 19.1 Å². The first-order chi connectivity index (χ1) is 9.04. The van der Waals surface area contributed by atoms with Crippen LogP contribution in [0.5, 0.6) is 0 Å². The highest BCUT2D eigenvalue weighted by atomic mass is 16.6. The van der Waals surface area contributed by atoms with Crippen LogP contribution in [-0.2, 0) is 16.1 Å². The van der Waals surface area contributed by atoms with Crippen molar-refractivity contribution in [2.45, 2.75) is 19.4 Å². The Balaban J connectivity index is 2.34. The number of hydrogen-bond donors (Lipinski definition) is 0. The Kier molecular flexibility index (Phi) is 5.94. The first-order valence-corrected chi connectivity index (χ1v) is 5.94. The first-order valence-electron chi connectivity index (χ1n) is 5.94. The number of nitro groups is 1. The lowest BCUT2D eigenvalue weighted by Gasteiger charge is -2.16. The van der Waals surface area contributed by atoms with Gasteiger partial charge < -0.3 is 9.64 Å². The van der Waals surface area contributed by atoms with Crippen LogP contribution in [0.4, 0.5) is 5.69 Å². The van der Waals surface area contributed by atoms with E-state index < -0.39 is 4.92 Å². The van der Waals surface area contributed by atoms with E-state index >= 15 is 0 Å². The van der Waals surface area contributed by atoms with Gasteiger partial charge >= 0.3 is 5.69 Å². The number of carbonyl (C=O) groups is 1. The van der Waals surface area contributed by atoms with Gasteiger partial charge in [-0.15, -0.1) is 0 Å². The molecule has 0 unspecified atom stereocenters. The Labute approximate surface area is 111 Å². The van der Waals surface area contributed by atoms with E-state index in [-0.39, 0.29) is 18.0 Å². The summed E-state index contributed by atoms with van der Waals surface area (Å²) in [5, 5.41) is 14.3. The largest absolute Gasteiger partial charge is 0.385 e. The molecule has 0 fully saturated rings. The third kappa shape index (κ3) is 5.04. The number of aromatic nitrogens is 2. The predicted molar refractivity (Wildman–Crippen MR) is 67.6 cm³/mol. The summed E-state index contributed by atoms with van der Waals surface area (Å²) < 4.78 is 6.31. The molecule has 0 aliphatic carbocycles. The van der Waals surface area contributed by atoms with E-state index in [2.05, 4.69) is 5.10 Å². The lowest BCUT2D eigenvalue weighted by molar-refractivity contribution is -0.385. The maximum Gasteiger partial charge on any atom is 0.306 e. The number of hydrogen-bond acceptors (Lipinski definition) is 5. The molecule has 0 N–H and O–H groups in total. The summed E-state index contributed by atoms with van der Waals surface area (Å²) in [6.45, 7) is 1.58. The van der Waals surface area contributed by atoms with Gasteiger partial charge in [-0.25, -0.2) is 0 Å². The molecule has 1 aromatic heterocycles. The van der Waals surface area contributed by atoms with Gasteiger partial charge in [0.05, 0.1) is 4.92 Å². The monoisotopic (exact) mass is 270 g/mol. The molecule has 0 radical (unpaired) electrons. The molecule has 0 aromatic carbocycles. The molecule has 0 saturated carbocycles. The predicted octanol–water partition coefficient (Wildman–Crippen LogP) is 0.676. The Morgan fingerprint density at radius 1 is 1.63 bits per heavy atom. The molecule has 0 aliphatic heterocycles. The summed E-state index contributed by atoms with van der Waals surface area (Å²) in [4.78, 5) is 23.3. The fourth-order valence-electron chi connectivity index (χ4n) is 1.54. The van der Waals surface area contributed by atoms with Gasteiger partial charge in [0.15, 0.2) is 0 Å². The van der Waals surface area contributed by atoms with Crippen molar-refractivity contribution in [2.75, 3.05) is 27.3 Å². The summed E-state index contributed by atoms with van der Waals surface area (Å²) in [6, 6.07) is 0. The smallest absolute Gasteiger partial charge is 0.306 e. The summed E-state index contributed by atoms with van der Waals surface area (Å²) in [5.41, 5.74) is -0.0686. The van der Waals surface area contributed by atoms with Crippen molar-refractivity contribution in [2.24, 2.45) is 0 Å². The van der Waals surface area contributed by atoms with Crippen molar-refractivity contribution >= 4 is 11.6 Å². The van der Waals surface area contributed by atoms with Crippen LogP contribution in [0.3, 0.4) is 0 Å². The minimum atomic E-state index is -0.512. The number of rotatable bonds is 8. The number of aryl methyl sites for hydroxylation is 1. The second kappa shape index (κ2) is 7.47. The second-order valence-corrected chi connectivity index (χ2v) is 4.13. The average Bonchev–Trinajstić information content (AvgIpc) is 2.85. The van der Waals surface area contributed by atoms with Crippen LogP contribution >= 0.6 is 0 Å². The van der Waals surface area contributed by atoms with E-state index in [1.807, 2.05) is 0 Å². The minimum absolute atomic E-state index is 0.0192. The van der Waals surface area contributed by atoms with Crippen LogP contribution in [0.2, 0.25) is 0 Å². The molecular formula is C11H18N4O4. The van der Waals surface area contributed by atoms with Crippen LogP contribution in [-0.4, -0.2) is 52.8 Å². The van der Waals surface area contributed by atoms with Crippen LogP contribution in [0.1, 0.15) is 12.8 Å². The van der Waals surface area contributed by atoms with Gasteiger partial charge in [0.2, 0.25) is 5.91 Å². The highest BCUT2D eigenvalue weighted by Gasteiger charge is 2.11. The molecule has 0 bridgehead atoms. The Morgan fingerprint density at radius 3 is 2.95 bits per heavy atom. The third-order valence-electron chi connectivity index (χ3n) is 2.65. The van der Waals surface area contributed by atoms with Gasteiger partial charge in [0.25, 0.3) is 0 Å². The van der Waals surface area contributed by atoms with Gasteiger partial charge in [-0.1, -0.05) is 0 Å². The van der Waals surface area contributed by atoms with Crippen molar-refractivity contribution in [3.8, 4) is 0 Å². The average molecular weight is 270 g/mol. The fraction of sp³-hybridized carbons (Fsp3) is 0.636. The molecular weight excluding hydrogens is 252 g/mol. The Hall–Kier alpha value is -1.96. The zero-order valence-corrected chi connectivity index (χ0v) is 11.1. The molecule has 8 nitrogen and oxygen atoms in total. The third-order valence-corrected chi connectivity index (χ3v) is 2.65. The van der Waals surface area contributed by atoms with Crippen molar-refractivity contribution in [1.29, 1.82) is 0 Å². The van der Waals surface area contributed by atoms with Crippen LogP contribution in [0.25, 0.3) is 0 Å². The second-order valence-electron chi connectivity index (χ2n) is 4.13. The molecule has 19 heavy (non-hydrogen) atoms. The van der Waals surface area contributed by atoms with Gasteiger partial charge in [-0.05, 0) is 6.42 Å². The molecule has 1 heterocycles. The van der Waals surface area contributed by atoms with Crippen molar-refractivity contribution in [3.05, 3.63) is 22.5 Å². The zero-order valence-electron chi connectivity index (χ0n) is 11.1. The lowest BCUT2D eigenvalue weighted by Crippen LogP contribution is -2.29. The molecule has 1 amide bonds. The Morgan fingerprint density at radius 2 is 2.37 bits per heavy atom. The van der Waals surface area contributed by atoms with Gasteiger partial charge in [0, 0.05) is 40.3 Å². The first kappa shape index (κ1) is 15.1. The normalized spacial score (nSPS) is 10.4. The number of nitrogens with zero attached hydrogens (tertiary/aromatic N) is 4. The number of carbonyl (C=O) groups excluding carboxylic acids is 1. The Bertz CT molecular complexity index is 432. The van der Waals surface area contributed by atoms with E-state index in [4.69, 9.17) is 4.74 Å². The SMILES string of the molecule is COCCCN(C)C(=O)CCn1cc([N+](=O)[O-])cn1. The van der Waals surface area contributed by atoms with Crippen LogP contribution in [0, 0.1) is 10.1 Å². The van der Waals surface area contributed by atoms with Crippen LogP contribution < -0.4 is 0 Å². The van der Waals surface area contributed by atoms with Gasteiger partial charge in [-0.2, -0.15) is 5.10 Å². The van der Waals surface area contributed by atoms with Crippen molar-refractivity contribution in [3.63, 3.8) is 0 Å². The summed E-state index contributed by atoms with van der Waals surface area (Å²) in [6.07, 6.45) is 3.54. The highest BCUT2D eigenvalue weighted by Crippen LogP contribution is 2.08. The minimum Gasteiger partial charge on any atom is -0.385 e. The molecule has 0 saturated heterocycles. The van der Waals surface area contributed by atoms with Crippen molar-refractivity contribution < 1.29 is 14.5 Å². The summed E-state index contributed by atoms with van der Waals surface area (Å²) in [5.74, 6) is -0.0192. The van der Waals surface area contributed by atoms with E-state index in [9.17, 15) is 14.9 Å². The molecule has 106 valence electrons. The van der Waals surface area contributed by atoms with Crippen molar-refractivity contribution in [1.82, 2.24) is 14.7 Å². The van der Waals surface area contributed by atoms with Gasteiger partial charge in [-0.3, -0.25) is 19.6 Å². The molecule has 8 heteroatoms. The summed E-state index contributed by atoms with van der Waals surface area (Å²) >= 11 is 0. The lowest BCUT2D eigenvalue weighted by atomic mass is 10.3. The summed E-state index contributed by atoms with van der Waals surface area (Å²) in [7, 11) is 3.34. The standard InChI is InChI=1S/C11H18N4O4/c1-13(5-3-7-19-2)11(16)4-6-14-9-10(8-12-14)15(17)18/h8-9H,3-7H2,1-2H3. The number of methoxy groups -OCH3 is 1.